The molecule has 0 unspecified atom stereocenters. The zero-order valence-electron chi connectivity index (χ0n) is 15.7. The number of phenols is 1. The van der Waals surface area contributed by atoms with Crippen LogP contribution in [0.15, 0.2) is 58.8 Å². The summed E-state index contributed by atoms with van der Waals surface area (Å²) in [6.45, 7) is 2.85. The summed E-state index contributed by atoms with van der Waals surface area (Å²) in [5.74, 6) is 0.612. The molecule has 0 heterocycles. The minimum atomic E-state index is 0.142. The zero-order valence-corrected chi connectivity index (χ0v) is 15.7. The maximum atomic E-state index is 9.95. The van der Waals surface area contributed by atoms with Crippen LogP contribution in [0.2, 0.25) is 0 Å². The molecular weight excluding hydrogens is 324 g/mol. The molecule has 0 saturated heterocycles. The van der Waals surface area contributed by atoms with E-state index in [2.05, 4.69) is 17.2 Å². The van der Waals surface area contributed by atoms with Crippen molar-refractivity contribution >= 4 is 11.4 Å². The van der Waals surface area contributed by atoms with E-state index in [0.29, 0.717) is 18.0 Å². The molecule has 0 aliphatic carbocycles. The lowest BCUT2D eigenvalue weighted by molar-refractivity contribution is 0.289. The highest BCUT2D eigenvalue weighted by Crippen LogP contribution is 2.31. The van der Waals surface area contributed by atoms with Crippen LogP contribution in [-0.4, -0.2) is 11.7 Å². The molecule has 0 aliphatic heterocycles. The maximum Gasteiger partial charge on any atom is 0.163 e. The fraction of sp³-hybridized carbons (Fsp3) is 0.455. The van der Waals surface area contributed by atoms with Gasteiger partial charge in [0.1, 0.15) is 0 Å². The molecule has 0 atom stereocenters. The number of benzene rings is 2. The number of hydrogen-bond acceptors (Lipinski definition) is 4. The summed E-state index contributed by atoms with van der Waals surface area (Å²) in [7, 11) is 0. The summed E-state index contributed by atoms with van der Waals surface area (Å²) < 4.78 is 5.72. The first-order chi connectivity index (χ1) is 12.8. The van der Waals surface area contributed by atoms with E-state index in [4.69, 9.17) is 4.74 Å². The molecule has 26 heavy (non-hydrogen) atoms. The monoisotopic (exact) mass is 354 g/mol. The molecule has 0 bridgehead atoms. The van der Waals surface area contributed by atoms with E-state index in [1.807, 2.05) is 30.3 Å². The van der Waals surface area contributed by atoms with Crippen LogP contribution in [0, 0.1) is 0 Å². The Hall–Kier alpha value is -2.36. The third-order valence-corrected chi connectivity index (χ3v) is 4.24. The summed E-state index contributed by atoms with van der Waals surface area (Å²) in [6.07, 6.45) is 10.1. The van der Waals surface area contributed by atoms with Gasteiger partial charge in [-0.3, -0.25) is 0 Å². The molecular formula is C22H30N2O2. The van der Waals surface area contributed by atoms with Gasteiger partial charge in [0, 0.05) is 6.07 Å². The van der Waals surface area contributed by atoms with Crippen LogP contribution in [0.1, 0.15) is 58.3 Å². The van der Waals surface area contributed by atoms with Crippen molar-refractivity contribution in [3.63, 3.8) is 0 Å². The highest BCUT2D eigenvalue weighted by atomic mass is 16.5. The van der Waals surface area contributed by atoms with Crippen LogP contribution in [0.5, 0.6) is 11.5 Å². The predicted octanol–water partition coefficient (Wildman–Crippen LogP) is 7.33. The van der Waals surface area contributed by atoms with Gasteiger partial charge in [-0.25, -0.2) is 0 Å². The van der Waals surface area contributed by atoms with Crippen LogP contribution in [0.25, 0.3) is 0 Å². The van der Waals surface area contributed by atoms with E-state index in [0.717, 1.165) is 12.1 Å². The van der Waals surface area contributed by atoms with Crippen molar-refractivity contribution in [2.45, 2.75) is 58.3 Å². The average molecular weight is 354 g/mol. The number of nitrogens with zero attached hydrogens (tertiary/aromatic N) is 2. The Morgan fingerprint density at radius 3 is 2.15 bits per heavy atom. The number of ether oxygens (including phenoxy) is 1. The van der Waals surface area contributed by atoms with Gasteiger partial charge in [0.05, 0.1) is 18.0 Å². The Kier molecular flexibility index (Phi) is 9.26. The predicted molar refractivity (Wildman–Crippen MR) is 107 cm³/mol. The van der Waals surface area contributed by atoms with E-state index in [9.17, 15) is 5.11 Å². The summed E-state index contributed by atoms with van der Waals surface area (Å²) >= 11 is 0. The van der Waals surface area contributed by atoms with Crippen molar-refractivity contribution in [1.29, 1.82) is 0 Å². The first-order valence-corrected chi connectivity index (χ1v) is 9.72. The van der Waals surface area contributed by atoms with Gasteiger partial charge >= 0.3 is 0 Å². The van der Waals surface area contributed by atoms with Gasteiger partial charge < -0.3 is 9.84 Å². The van der Waals surface area contributed by atoms with Crippen LogP contribution in [0.4, 0.5) is 11.4 Å². The Labute approximate surface area is 156 Å². The van der Waals surface area contributed by atoms with E-state index in [1.54, 1.807) is 18.2 Å². The molecule has 0 aliphatic rings. The number of aromatic hydroxyl groups is 1. The van der Waals surface area contributed by atoms with Gasteiger partial charge in [-0.1, -0.05) is 70.1 Å². The maximum absolute atomic E-state index is 9.95. The number of rotatable bonds is 12. The molecule has 2 rings (SSSR count). The molecule has 0 amide bonds. The van der Waals surface area contributed by atoms with Crippen LogP contribution < -0.4 is 4.74 Å². The van der Waals surface area contributed by atoms with Crippen LogP contribution >= 0.6 is 0 Å². The smallest absolute Gasteiger partial charge is 0.163 e. The van der Waals surface area contributed by atoms with Crippen molar-refractivity contribution in [3.05, 3.63) is 48.5 Å². The molecule has 0 aromatic heterocycles. The second-order valence-corrected chi connectivity index (χ2v) is 6.51. The van der Waals surface area contributed by atoms with Crippen molar-refractivity contribution in [2.24, 2.45) is 10.2 Å². The number of azo groups is 1. The second-order valence-electron chi connectivity index (χ2n) is 6.51. The lowest BCUT2D eigenvalue weighted by Gasteiger charge is -2.08. The second kappa shape index (κ2) is 12.1. The molecule has 0 fully saturated rings. The van der Waals surface area contributed by atoms with Gasteiger partial charge in [0.15, 0.2) is 11.5 Å². The zero-order chi connectivity index (χ0) is 18.5. The Balaban J connectivity index is 1.73. The third-order valence-electron chi connectivity index (χ3n) is 4.24. The molecule has 4 nitrogen and oxygen atoms in total. The van der Waals surface area contributed by atoms with Crippen molar-refractivity contribution < 1.29 is 9.84 Å². The summed E-state index contributed by atoms with van der Waals surface area (Å²) in [5.41, 5.74) is 1.46. The standard InChI is InChI=1S/C22H30N2O2/c1-2-3-4-5-6-7-8-12-17-26-22-18-20(15-16-21(22)25)24-23-19-13-10-9-11-14-19/h9-11,13-16,18,25H,2-8,12,17H2,1H3/b24-23+. The Morgan fingerprint density at radius 1 is 0.769 bits per heavy atom. The minimum Gasteiger partial charge on any atom is -0.504 e. The van der Waals surface area contributed by atoms with Gasteiger partial charge in [-0.15, -0.1) is 0 Å². The molecule has 0 spiro atoms. The fourth-order valence-corrected chi connectivity index (χ4v) is 2.71. The third kappa shape index (κ3) is 7.68. The van der Waals surface area contributed by atoms with E-state index < -0.39 is 0 Å². The molecule has 140 valence electrons. The largest absolute Gasteiger partial charge is 0.504 e. The van der Waals surface area contributed by atoms with Gasteiger partial charge in [-0.2, -0.15) is 10.2 Å². The molecule has 2 aromatic carbocycles. The molecule has 0 saturated carbocycles. The lowest BCUT2D eigenvalue weighted by Crippen LogP contribution is -1.97. The highest BCUT2D eigenvalue weighted by Gasteiger charge is 2.04. The lowest BCUT2D eigenvalue weighted by atomic mass is 10.1. The number of unbranched alkanes of at least 4 members (excludes halogenated alkanes) is 7. The first-order valence-electron chi connectivity index (χ1n) is 9.72. The minimum absolute atomic E-state index is 0.142. The molecule has 0 radical (unpaired) electrons. The molecule has 2 aromatic rings. The summed E-state index contributed by atoms with van der Waals surface area (Å²) in [4.78, 5) is 0. The van der Waals surface area contributed by atoms with Gasteiger partial charge in [0.2, 0.25) is 0 Å². The van der Waals surface area contributed by atoms with Gasteiger partial charge in [-0.05, 0) is 30.7 Å². The van der Waals surface area contributed by atoms with Crippen molar-refractivity contribution in [3.8, 4) is 11.5 Å². The van der Waals surface area contributed by atoms with E-state index in [-0.39, 0.29) is 5.75 Å². The summed E-state index contributed by atoms with van der Waals surface area (Å²) in [6, 6.07) is 14.6. The van der Waals surface area contributed by atoms with Crippen LogP contribution in [-0.2, 0) is 0 Å². The fourth-order valence-electron chi connectivity index (χ4n) is 2.71. The topological polar surface area (TPSA) is 54.2 Å². The summed E-state index contributed by atoms with van der Waals surface area (Å²) in [5, 5.41) is 18.3. The van der Waals surface area contributed by atoms with Crippen molar-refractivity contribution in [1.82, 2.24) is 0 Å². The van der Waals surface area contributed by atoms with E-state index >= 15 is 0 Å². The molecule has 1 N–H and O–H groups in total. The Bertz CT molecular complexity index is 656. The number of hydrogen-bond donors (Lipinski definition) is 1. The SMILES string of the molecule is CCCCCCCCCCOc1cc(/N=N/c2ccccc2)ccc1O. The van der Waals surface area contributed by atoms with Gasteiger partial charge in [0.25, 0.3) is 0 Å². The van der Waals surface area contributed by atoms with Crippen molar-refractivity contribution in [2.75, 3.05) is 6.61 Å². The molecule has 4 heteroatoms. The Morgan fingerprint density at radius 2 is 1.42 bits per heavy atom. The number of phenolic OH excluding ortho intramolecular Hbond substituents is 1. The normalized spacial score (nSPS) is 11.1. The van der Waals surface area contributed by atoms with Crippen LogP contribution in [0.3, 0.4) is 0 Å². The van der Waals surface area contributed by atoms with E-state index in [1.165, 1.54) is 44.9 Å². The average Bonchev–Trinajstić information content (AvgIpc) is 2.67. The first kappa shape index (κ1) is 20.0. The highest BCUT2D eigenvalue weighted by molar-refractivity contribution is 5.51. The quantitative estimate of drug-likeness (QED) is 0.320.